The van der Waals surface area contributed by atoms with Gasteiger partial charge in [-0.2, -0.15) is 0 Å². The fourth-order valence-corrected chi connectivity index (χ4v) is 6.12. The second-order valence-electron chi connectivity index (χ2n) is 9.87. The highest BCUT2D eigenvalue weighted by Gasteiger charge is 2.18. The van der Waals surface area contributed by atoms with Gasteiger partial charge in [-0.25, -0.2) is 0 Å². The van der Waals surface area contributed by atoms with Crippen molar-refractivity contribution in [1.82, 2.24) is 0 Å². The molecule has 8 heteroatoms. The van der Waals surface area contributed by atoms with Crippen molar-refractivity contribution in [3.63, 3.8) is 0 Å². The monoisotopic (exact) mass is 768 g/mol. The van der Waals surface area contributed by atoms with Crippen molar-refractivity contribution in [2.75, 3.05) is 0 Å². The Morgan fingerprint density at radius 1 is 0.409 bits per heavy atom. The van der Waals surface area contributed by atoms with Gasteiger partial charge in [-0.3, -0.25) is 0 Å². The number of para-hydroxylation sites is 4. The van der Waals surface area contributed by atoms with E-state index in [1.165, 1.54) is 0 Å². The molecule has 0 saturated carbocycles. The zero-order valence-electron chi connectivity index (χ0n) is 23.1. The second-order valence-corrected chi connectivity index (χ2v) is 12.4. The number of hydrogen-bond acceptors (Lipinski definition) is 4. The average molecular weight is 771 g/mol. The number of halogens is 3. The minimum absolute atomic E-state index is 0.397. The Bertz CT molecular complexity index is 2200. The highest BCUT2D eigenvalue weighted by atomic mass is 79.9. The highest BCUT2D eigenvalue weighted by molar-refractivity contribution is 9.13. The number of hydrogen-bond donors (Lipinski definition) is 2. The van der Waals surface area contributed by atoms with Crippen LogP contribution in [0.15, 0.2) is 156 Å². The summed E-state index contributed by atoms with van der Waals surface area (Å²) in [6.45, 7) is 0. The summed E-state index contributed by atoms with van der Waals surface area (Å²) in [6.07, 6.45) is 0. The van der Waals surface area contributed by atoms with Crippen molar-refractivity contribution in [1.29, 1.82) is 0 Å². The number of benzene rings is 6. The van der Waals surface area contributed by atoms with E-state index in [1.807, 2.05) is 84.9 Å². The van der Waals surface area contributed by atoms with Crippen LogP contribution in [-0.4, -0.2) is 17.2 Å². The molecule has 216 valence electrons. The van der Waals surface area contributed by atoms with Crippen LogP contribution in [0.4, 0.5) is 0 Å². The number of fused-ring (bicyclic) bond motifs is 6. The standard InChI is InChI=1S/C18H11BrO.C12H9BO3.C6H4Br2/c19-16-10-3-1-6-12(16)14-8-5-9-15-13-7-2-4-11-17(13)20-18(14)15;14-13(15)10-6-3-5-9-8-4-1-2-7-11(8)16-12(9)10;7-5-3-1-2-4-6(5)8/h1-11H;1-7,14-15H;1-4H. The molecule has 0 spiro atoms. The molecule has 8 rings (SSSR count). The predicted octanol–water partition coefficient (Wildman–Crippen LogP) is 10.5. The molecule has 2 N–H and O–H groups in total. The van der Waals surface area contributed by atoms with E-state index in [9.17, 15) is 10.0 Å². The lowest BCUT2D eigenvalue weighted by atomic mass is 9.79. The van der Waals surface area contributed by atoms with Crippen molar-refractivity contribution < 1.29 is 18.9 Å². The Morgan fingerprint density at radius 2 is 0.841 bits per heavy atom. The van der Waals surface area contributed by atoms with Crippen LogP contribution in [0.2, 0.25) is 0 Å². The van der Waals surface area contributed by atoms with Crippen LogP contribution in [-0.2, 0) is 0 Å². The van der Waals surface area contributed by atoms with Gasteiger partial charge in [0, 0.05) is 46.0 Å². The summed E-state index contributed by atoms with van der Waals surface area (Å²) in [7, 11) is -1.51. The summed E-state index contributed by atoms with van der Waals surface area (Å²) in [5.74, 6) is 0. The van der Waals surface area contributed by atoms with Crippen molar-refractivity contribution in [3.8, 4) is 11.1 Å². The van der Waals surface area contributed by atoms with Gasteiger partial charge < -0.3 is 18.9 Å². The Balaban J connectivity index is 0.000000128. The van der Waals surface area contributed by atoms with E-state index in [-0.39, 0.29) is 0 Å². The SMILES string of the molecule is Brc1ccccc1-c1cccc2c1oc1ccccc12.Brc1ccccc1Br.OB(O)c1cccc2c1oc1ccccc12. The van der Waals surface area contributed by atoms with Crippen LogP contribution < -0.4 is 5.46 Å². The minimum atomic E-state index is -1.51. The molecule has 0 aliphatic carbocycles. The molecule has 0 radical (unpaired) electrons. The Kier molecular flexibility index (Phi) is 9.35. The molecule has 44 heavy (non-hydrogen) atoms. The fraction of sp³-hybridized carbons (Fsp3) is 0. The summed E-state index contributed by atoms with van der Waals surface area (Å²) >= 11 is 10.3. The molecule has 0 saturated heterocycles. The summed E-state index contributed by atoms with van der Waals surface area (Å²) in [4.78, 5) is 0. The first-order valence-electron chi connectivity index (χ1n) is 13.7. The number of rotatable bonds is 2. The van der Waals surface area contributed by atoms with Crippen LogP contribution in [0.25, 0.3) is 55.0 Å². The molecule has 8 aromatic rings. The van der Waals surface area contributed by atoms with Crippen molar-refractivity contribution in [3.05, 3.63) is 147 Å². The van der Waals surface area contributed by atoms with E-state index < -0.39 is 7.12 Å². The Morgan fingerprint density at radius 3 is 1.41 bits per heavy atom. The van der Waals surface area contributed by atoms with Crippen LogP contribution >= 0.6 is 47.8 Å². The van der Waals surface area contributed by atoms with Gasteiger partial charge in [0.1, 0.15) is 22.3 Å². The van der Waals surface area contributed by atoms with Crippen molar-refractivity contribution in [2.45, 2.75) is 0 Å². The van der Waals surface area contributed by atoms with E-state index in [0.717, 1.165) is 62.8 Å². The van der Waals surface area contributed by atoms with Crippen LogP contribution in [0, 0.1) is 0 Å². The molecular formula is C36H24BBr3O4. The Hall–Kier alpha value is -3.66. The molecular weight excluding hydrogens is 747 g/mol. The predicted molar refractivity (Wildman–Crippen MR) is 192 cm³/mol. The van der Waals surface area contributed by atoms with Crippen LogP contribution in [0.1, 0.15) is 0 Å². The lowest BCUT2D eigenvalue weighted by Crippen LogP contribution is -2.29. The molecule has 0 bridgehead atoms. The summed E-state index contributed by atoms with van der Waals surface area (Å²) in [6, 6.07) is 43.6. The average Bonchev–Trinajstić information content (AvgIpc) is 3.62. The maximum Gasteiger partial charge on any atom is 0.492 e. The molecule has 4 nitrogen and oxygen atoms in total. The van der Waals surface area contributed by atoms with Gasteiger partial charge in [0.25, 0.3) is 0 Å². The minimum Gasteiger partial charge on any atom is -0.456 e. The molecule has 0 amide bonds. The van der Waals surface area contributed by atoms with Crippen LogP contribution in [0.3, 0.4) is 0 Å². The molecule has 0 fully saturated rings. The molecule has 0 atom stereocenters. The van der Waals surface area contributed by atoms with E-state index in [1.54, 1.807) is 12.1 Å². The molecule has 6 aromatic carbocycles. The summed E-state index contributed by atoms with van der Waals surface area (Å²) in [5, 5.41) is 22.7. The lowest BCUT2D eigenvalue weighted by Gasteiger charge is -2.04. The zero-order chi connectivity index (χ0) is 30.6. The second kappa shape index (κ2) is 13.5. The van der Waals surface area contributed by atoms with Gasteiger partial charge in [0.15, 0.2) is 0 Å². The van der Waals surface area contributed by atoms with Gasteiger partial charge in [0.2, 0.25) is 0 Å². The maximum absolute atomic E-state index is 9.24. The largest absolute Gasteiger partial charge is 0.492 e. The van der Waals surface area contributed by atoms with Gasteiger partial charge in [-0.05, 0) is 67.8 Å². The Labute approximate surface area is 279 Å². The van der Waals surface area contributed by atoms with Gasteiger partial charge in [-0.15, -0.1) is 0 Å². The molecule has 0 unspecified atom stereocenters. The normalized spacial score (nSPS) is 10.8. The molecule has 2 aromatic heterocycles. The maximum atomic E-state index is 9.24. The first-order valence-corrected chi connectivity index (χ1v) is 16.1. The van der Waals surface area contributed by atoms with E-state index in [4.69, 9.17) is 8.83 Å². The van der Waals surface area contributed by atoms with Gasteiger partial charge >= 0.3 is 7.12 Å². The smallest absolute Gasteiger partial charge is 0.456 e. The zero-order valence-corrected chi connectivity index (χ0v) is 27.9. The fourth-order valence-electron chi connectivity index (χ4n) is 5.05. The number of furan rings is 2. The first-order chi connectivity index (χ1) is 21.4. The lowest BCUT2D eigenvalue weighted by molar-refractivity contribution is 0.425. The van der Waals surface area contributed by atoms with E-state index in [2.05, 4.69) is 84.2 Å². The first kappa shape index (κ1) is 30.4. The van der Waals surface area contributed by atoms with Crippen molar-refractivity contribution in [2.24, 2.45) is 0 Å². The third-order valence-electron chi connectivity index (χ3n) is 7.11. The third-order valence-corrected chi connectivity index (χ3v) is 9.71. The topological polar surface area (TPSA) is 66.7 Å². The molecule has 0 aliphatic rings. The summed E-state index contributed by atoms with van der Waals surface area (Å²) < 4.78 is 15.0. The quantitative estimate of drug-likeness (QED) is 0.172. The molecule has 0 aliphatic heterocycles. The van der Waals surface area contributed by atoms with Crippen LogP contribution in [0.5, 0.6) is 0 Å². The van der Waals surface area contributed by atoms with Gasteiger partial charge in [-0.1, -0.05) is 119 Å². The van der Waals surface area contributed by atoms with Crippen molar-refractivity contribution >= 4 is 104 Å². The highest BCUT2D eigenvalue weighted by Crippen LogP contribution is 2.38. The summed E-state index contributed by atoms with van der Waals surface area (Å²) in [5.41, 5.74) is 5.84. The van der Waals surface area contributed by atoms with E-state index in [0.29, 0.717) is 11.0 Å². The van der Waals surface area contributed by atoms with Gasteiger partial charge in [0.05, 0.1) is 0 Å². The van der Waals surface area contributed by atoms with E-state index >= 15 is 0 Å². The molecule has 2 heterocycles. The third kappa shape index (κ3) is 6.27.